The second-order valence-electron chi connectivity index (χ2n) is 6.26. The summed E-state index contributed by atoms with van der Waals surface area (Å²) in [5.74, 6) is 0.868. The van der Waals surface area contributed by atoms with Gasteiger partial charge in [0.1, 0.15) is 0 Å². The normalized spacial score (nSPS) is 16.3. The summed E-state index contributed by atoms with van der Waals surface area (Å²) < 4.78 is 0. The minimum absolute atomic E-state index is 0. The molecule has 26 heavy (non-hydrogen) atoms. The molecule has 0 aliphatic carbocycles. The number of aryl methyl sites for hydroxylation is 1. The number of aliphatic imine (C=N–C) groups is 1. The first kappa shape index (κ1) is 21.6. The maximum Gasteiger partial charge on any atom is 0.191 e. The molecule has 1 saturated heterocycles. The zero-order chi connectivity index (χ0) is 17.5. The van der Waals surface area contributed by atoms with E-state index in [1.807, 2.05) is 25.3 Å². The van der Waals surface area contributed by atoms with Crippen molar-refractivity contribution < 1.29 is 0 Å². The second kappa shape index (κ2) is 11.2. The highest BCUT2D eigenvalue weighted by molar-refractivity contribution is 14.0. The Labute approximate surface area is 181 Å². The summed E-state index contributed by atoms with van der Waals surface area (Å²) >= 11 is 3.55. The highest BCUT2D eigenvalue weighted by atomic mass is 127. The summed E-state index contributed by atoms with van der Waals surface area (Å²) in [4.78, 5) is 12.9. The molecule has 3 rings (SSSR count). The van der Waals surface area contributed by atoms with Gasteiger partial charge in [0.25, 0.3) is 0 Å². The number of aromatic nitrogens is 1. The van der Waals surface area contributed by atoms with E-state index < -0.39 is 0 Å². The average molecular weight is 505 g/mol. The Hall–Kier alpha value is -0.710. The molecule has 3 heterocycles. The summed E-state index contributed by atoms with van der Waals surface area (Å²) in [6.45, 7) is 6.16. The Morgan fingerprint density at radius 3 is 2.73 bits per heavy atom. The Kier molecular flexibility index (Phi) is 9.30. The van der Waals surface area contributed by atoms with Gasteiger partial charge in [0.15, 0.2) is 5.96 Å². The number of guanidine groups is 1. The van der Waals surface area contributed by atoms with E-state index in [2.05, 4.69) is 48.4 Å². The number of hydrogen-bond donors (Lipinski definition) is 2. The van der Waals surface area contributed by atoms with Crippen LogP contribution in [0.5, 0.6) is 0 Å². The van der Waals surface area contributed by atoms with E-state index in [1.165, 1.54) is 30.8 Å². The van der Waals surface area contributed by atoms with Crippen molar-refractivity contribution in [1.82, 2.24) is 20.5 Å². The lowest BCUT2D eigenvalue weighted by Crippen LogP contribution is -2.43. The fourth-order valence-electron chi connectivity index (χ4n) is 3.19. The molecule has 2 aromatic rings. The molecular formula is C18H28IN5S2. The molecule has 144 valence electrons. The van der Waals surface area contributed by atoms with E-state index >= 15 is 0 Å². The van der Waals surface area contributed by atoms with Gasteiger partial charge < -0.3 is 10.6 Å². The van der Waals surface area contributed by atoms with Crippen LogP contribution in [0.2, 0.25) is 0 Å². The van der Waals surface area contributed by atoms with Crippen LogP contribution in [0.15, 0.2) is 27.9 Å². The molecule has 1 atom stereocenters. The standard InChI is InChI=1S/C18H27N5S2.HI/c1-14-22-15(13-25-14)7-8-20-18(19-2)21-12-16(17-6-5-11-24-17)23-9-3-4-10-23;/h5-6,11,13,16H,3-4,7-10,12H2,1-2H3,(H2,19,20,21);1H. The van der Waals surface area contributed by atoms with Crippen LogP contribution in [-0.4, -0.2) is 49.1 Å². The van der Waals surface area contributed by atoms with Crippen molar-refractivity contribution in [2.24, 2.45) is 4.99 Å². The predicted molar refractivity (Wildman–Crippen MR) is 123 cm³/mol. The summed E-state index contributed by atoms with van der Waals surface area (Å²) in [6.07, 6.45) is 3.54. The summed E-state index contributed by atoms with van der Waals surface area (Å²) in [6, 6.07) is 4.82. The van der Waals surface area contributed by atoms with E-state index in [0.29, 0.717) is 6.04 Å². The number of rotatable bonds is 7. The number of thiophene rings is 1. The molecule has 0 aromatic carbocycles. The van der Waals surface area contributed by atoms with Crippen molar-refractivity contribution in [1.29, 1.82) is 0 Å². The topological polar surface area (TPSA) is 52.6 Å². The lowest BCUT2D eigenvalue weighted by atomic mass is 10.2. The fraction of sp³-hybridized carbons (Fsp3) is 0.556. The Morgan fingerprint density at radius 2 is 2.12 bits per heavy atom. The van der Waals surface area contributed by atoms with Crippen LogP contribution in [0.1, 0.15) is 34.5 Å². The maximum atomic E-state index is 4.51. The number of halogens is 1. The molecule has 0 bridgehead atoms. The highest BCUT2D eigenvalue weighted by Gasteiger charge is 2.24. The van der Waals surface area contributed by atoms with Crippen molar-refractivity contribution in [2.45, 2.75) is 32.2 Å². The van der Waals surface area contributed by atoms with Gasteiger partial charge in [0.2, 0.25) is 0 Å². The predicted octanol–water partition coefficient (Wildman–Crippen LogP) is 3.68. The fourth-order valence-corrected chi connectivity index (χ4v) is 4.70. The van der Waals surface area contributed by atoms with E-state index in [0.717, 1.165) is 36.2 Å². The van der Waals surface area contributed by atoms with Crippen molar-refractivity contribution >= 4 is 52.6 Å². The first-order valence-corrected chi connectivity index (χ1v) is 10.6. The van der Waals surface area contributed by atoms with Gasteiger partial charge in [-0.2, -0.15) is 0 Å². The minimum Gasteiger partial charge on any atom is -0.356 e. The highest BCUT2D eigenvalue weighted by Crippen LogP contribution is 2.27. The number of nitrogens with one attached hydrogen (secondary N) is 2. The molecule has 1 unspecified atom stereocenters. The molecule has 2 N–H and O–H groups in total. The molecule has 0 amide bonds. The largest absolute Gasteiger partial charge is 0.356 e. The quantitative estimate of drug-likeness (QED) is 0.343. The number of nitrogens with zero attached hydrogens (tertiary/aromatic N) is 3. The van der Waals surface area contributed by atoms with Crippen LogP contribution >= 0.6 is 46.7 Å². The van der Waals surface area contributed by atoms with Gasteiger partial charge in [0.05, 0.1) is 16.7 Å². The monoisotopic (exact) mass is 505 g/mol. The van der Waals surface area contributed by atoms with Crippen molar-refractivity contribution in [3.8, 4) is 0 Å². The first-order valence-electron chi connectivity index (χ1n) is 8.89. The number of thiazole rings is 1. The van der Waals surface area contributed by atoms with Crippen LogP contribution < -0.4 is 10.6 Å². The third kappa shape index (κ3) is 6.17. The third-order valence-corrected chi connectivity index (χ3v) is 6.28. The number of hydrogen-bond acceptors (Lipinski definition) is 5. The van der Waals surface area contributed by atoms with Gasteiger partial charge in [-0.3, -0.25) is 9.89 Å². The Morgan fingerprint density at radius 1 is 1.31 bits per heavy atom. The van der Waals surface area contributed by atoms with E-state index in [-0.39, 0.29) is 24.0 Å². The van der Waals surface area contributed by atoms with E-state index in [4.69, 9.17) is 0 Å². The van der Waals surface area contributed by atoms with Gasteiger partial charge in [-0.15, -0.1) is 46.7 Å². The Balaban J connectivity index is 0.00000243. The van der Waals surface area contributed by atoms with E-state index in [1.54, 1.807) is 11.3 Å². The SMILES string of the molecule is CN=C(NCCc1csc(C)n1)NCC(c1cccs1)N1CCCC1.I. The van der Waals surface area contributed by atoms with Crippen LogP contribution in [0.25, 0.3) is 0 Å². The maximum absolute atomic E-state index is 4.51. The lowest BCUT2D eigenvalue weighted by Gasteiger charge is -2.27. The van der Waals surface area contributed by atoms with Gasteiger partial charge >= 0.3 is 0 Å². The summed E-state index contributed by atoms with van der Waals surface area (Å²) in [5, 5.41) is 12.3. The van der Waals surface area contributed by atoms with Gasteiger partial charge in [-0.25, -0.2) is 4.98 Å². The third-order valence-electron chi connectivity index (χ3n) is 4.48. The zero-order valence-corrected chi connectivity index (χ0v) is 19.4. The van der Waals surface area contributed by atoms with Crippen LogP contribution in [-0.2, 0) is 6.42 Å². The molecule has 1 aliphatic heterocycles. The summed E-state index contributed by atoms with van der Waals surface area (Å²) in [7, 11) is 1.83. The Bertz CT molecular complexity index is 665. The average Bonchev–Trinajstić information content (AvgIpc) is 3.37. The first-order chi connectivity index (χ1) is 12.3. The van der Waals surface area contributed by atoms with Crippen molar-refractivity contribution in [3.63, 3.8) is 0 Å². The lowest BCUT2D eigenvalue weighted by molar-refractivity contribution is 0.249. The van der Waals surface area contributed by atoms with Crippen molar-refractivity contribution in [3.05, 3.63) is 38.5 Å². The molecule has 0 radical (unpaired) electrons. The van der Waals surface area contributed by atoms with Gasteiger partial charge in [-0.1, -0.05) is 6.07 Å². The van der Waals surface area contributed by atoms with Gasteiger partial charge in [0, 0.05) is 36.8 Å². The molecule has 0 spiro atoms. The molecule has 8 heteroatoms. The minimum atomic E-state index is 0. The molecule has 1 fully saturated rings. The zero-order valence-electron chi connectivity index (χ0n) is 15.4. The molecule has 0 saturated carbocycles. The molecule has 5 nitrogen and oxygen atoms in total. The van der Waals surface area contributed by atoms with Crippen LogP contribution in [0.4, 0.5) is 0 Å². The molecular weight excluding hydrogens is 477 g/mol. The van der Waals surface area contributed by atoms with E-state index in [9.17, 15) is 0 Å². The smallest absolute Gasteiger partial charge is 0.191 e. The second-order valence-corrected chi connectivity index (χ2v) is 8.30. The molecule has 1 aliphatic rings. The number of likely N-dealkylation sites (tertiary alicyclic amines) is 1. The van der Waals surface area contributed by atoms with Crippen molar-refractivity contribution in [2.75, 3.05) is 33.2 Å². The van der Waals surface area contributed by atoms with Crippen LogP contribution in [0, 0.1) is 6.92 Å². The van der Waals surface area contributed by atoms with Gasteiger partial charge in [-0.05, 0) is 44.3 Å². The summed E-state index contributed by atoms with van der Waals surface area (Å²) in [5.41, 5.74) is 1.15. The van der Waals surface area contributed by atoms with Crippen LogP contribution in [0.3, 0.4) is 0 Å². The molecule has 2 aromatic heterocycles.